The molecule has 6 heteroatoms. The molecule has 2 N–H and O–H groups in total. The van der Waals surface area contributed by atoms with Crippen molar-refractivity contribution in [2.45, 2.75) is 29.9 Å². The van der Waals surface area contributed by atoms with Crippen LogP contribution in [-0.2, 0) is 6.42 Å². The molecular weight excluding hydrogens is 234 g/mol. The largest absolute Gasteiger partial charge is 0.373 e. The van der Waals surface area contributed by atoms with Crippen LogP contribution in [-0.4, -0.2) is 27.0 Å². The van der Waals surface area contributed by atoms with Crippen LogP contribution in [0.3, 0.4) is 0 Å². The van der Waals surface area contributed by atoms with E-state index in [9.17, 15) is 0 Å². The summed E-state index contributed by atoms with van der Waals surface area (Å²) in [6.07, 6.45) is 7.15. The van der Waals surface area contributed by atoms with Gasteiger partial charge in [-0.1, -0.05) is 13.3 Å². The molecule has 17 heavy (non-hydrogen) atoms. The Morgan fingerprint density at radius 3 is 2.88 bits per heavy atom. The molecule has 0 fully saturated rings. The lowest BCUT2D eigenvalue weighted by Gasteiger charge is -2.10. The average Bonchev–Trinajstić information content (AvgIpc) is 2.84. The lowest BCUT2D eigenvalue weighted by atomic mass is 10.2. The number of nitrogens with zero attached hydrogens (tertiary/aromatic N) is 3. The number of anilines is 1. The van der Waals surface area contributed by atoms with Gasteiger partial charge in [0.25, 0.3) is 0 Å². The molecular formula is C11H15N5S. The Morgan fingerprint density at radius 2 is 2.24 bits per heavy atom. The first-order valence-electron chi connectivity index (χ1n) is 5.54. The van der Waals surface area contributed by atoms with Gasteiger partial charge >= 0.3 is 0 Å². The molecule has 2 rings (SSSR count). The molecule has 90 valence electrons. The molecule has 0 spiro atoms. The Morgan fingerprint density at radius 1 is 1.35 bits per heavy atom. The second-order valence-electron chi connectivity index (χ2n) is 3.50. The maximum atomic E-state index is 4.33. The SMILES string of the molecule is CCCc1c(NC)ncnc1Sc1ncc[nH]1. The minimum atomic E-state index is 0.850. The molecule has 0 unspecified atom stereocenters. The Kier molecular flexibility index (Phi) is 3.98. The number of imidazole rings is 1. The van der Waals surface area contributed by atoms with Gasteiger partial charge in [0.2, 0.25) is 0 Å². The summed E-state index contributed by atoms with van der Waals surface area (Å²) in [6, 6.07) is 0. The number of hydrogen-bond donors (Lipinski definition) is 2. The van der Waals surface area contributed by atoms with Gasteiger partial charge in [0.15, 0.2) is 5.16 Å². The zero-order chi connectivity index (χ0) is 12.1. The molecule has 0 aliphatic rings. The van der Waals surface area contributed by atoms with Gasteiger partial charge in [-0.3, -0.25) is 0 Å². The summed E-state index contributed by atoms with van der Waals surface area (Å²) in [5.74, 6) is 0.899. The van der Waals surface area contributed by atoms with Crippen molar-refractivity contribution in [2.75, 3.05) is 12.4 Å². The molecule has 5 nitrogen and oxygen atoms in total. The molecule has 0 aromatic carbocycles. The minimum Gasteiger partial charge on any atom is -0.373 e. The second kappa shape index (κ2) is 5.67. The highest BCUT2D eigenvalue weighted by Crippen LogP contribution is 2.29. The van der Waals surface area contributed by atoms with Crippen molar-refractivity contribution in [2.24, 2.45) is 0 Å². The van der Waals surface area contributed by atoms with Gasteiger partial charge in [0.05, 0.1) is 0 Å². The first-order chi connectivity index (χ1) is 8.35. The van der Waals surface area contributed by atoms with Gasteiger partial charge in [-0.2, -0.15) is 0 Å². The van der Waals surface area contributed by atoms with Gasteiger partial charge in [-0.15, -0.1) is 0 Å². The summed E-state index contributed by atoms with van der Waals surface area (Å²) in [5, 5.41) is 4.91. The molecule has 0 atom stereocenters. The van der Waals surface area contributed by atoms with E-state index in [0.29, 0.717) is 0 Å². The number of rotatable bonds is 5. The van der Waals surface area contributed by atoms with Gasteiger partial charge in [-0.05, 0) is 18.2 Å². The number of aromatic nitrogens is 4. The first kappa shape index (κ1) is 11.9. The Labute approximate surface area is 104 Å². The lowest BCUT2D eigenvalue weighted by Crippen LogP contribution is -2.02. The van der Waals surface area contributed by atoms with Crippen LogP contribution in [0.1, 0.15) is 18.9 Å². The van der Waals surface area contributed by atoms with E-state index in [-0.39, 0.29) is 0 Å². The maximum Gasteiger partial charge on any atom is 0.171 e. The van der Waals surface area contributed by atoms with Crippen LogP contribution in [0.25, 0.3) is 0 Å². The third-order valence-corrected chi connectivity index (χ3v) is 3.27. The highest BCUT2D eigenvalue weighted by Gasteiger charge is 2.11. The van der Waals surface area contributed by atoms with Crippen molar-refractivity contribution in [3.8, 4) is 0 Å². The number of nitrogens with one attached hydrogen (secondary N) is 2. The topological polar surface area (TPSA) is 66.5 Å². The molecule has 0 saturated carbocycles. The predicted molar refractivity (Wildman–Crippen MR) is 68.3 cm³/mol. The summed E-state index contributed by atoms with van der Waals surface area (Å²) >= 11 is 1.53. The third-order valence-electron chi connectivity index (χ3n) is 2.31. The molecule has 0 bridgehead atoms. The monoisotopic (exact) mass is 249 g/mol. The van der Waals surface area contributed by atoms with Crippen LogP contribution in [0.4, 0.5) is 5.82 Å². The minimum absolute atomic E-state index is 0.850. The summed E-state index contributed by atoms with van der Waals surface area (Å²) in [5.41, 5.74) is 1.15. The van der Waals surface area contributed by atoms with Crippen molar-refractivity contribution < 1.29 is 0 Å². The highest BCUT2D eigenvalue weighted by molar-refractivity contribution is 7.99. The van der Waals surface area contributed by atoms with Crippen LogP contribution in [0, 0.1) is 0 Å². The van der Waals surface area contributed by atoms with Gasteiger partial charge in [-0.25, -0.2) is 15.0 Å². The maximum absolute atomic E-state index is 4.33. The molecule has 2 aromatic rings. The molecule has 2 heterocycles. The molecule has 0 radical (unpaired) electrons. The van der Waals surface area contributed by atoms with E-state index in [0.717, 1.165) is 34.4 Å². The number of H-pyrrole nitrogens is 1. The van der Waals surface area contributed by atoms with Crippen molar-refractivity contribution >= 4 is 17.6 Å². The predicted octanol–water partition coefficient (Wildman–Crippen LogP) is 2.35. The Bertz CT molecular complexity index is 469. The van der Waals surface area contributed by atoms with E-state index in [4.69, 9.17) is 0 Å². The van der Waals surface area contributed by atoms with E-state index in [1.165, 1.54) is 11.8 Å². The van der Waals surface area contributed by atoms with Gasteiger partial charge in [0.1, 0.15) is 17.2 Å². The van der Waals surface area contributed by atoms with Crippen molar-refractivity contribution in [1.82, 2.24) is 19.9 Å². The summed E-state index contributed by atoms with van der Waals surface area (Å²) in [4.78, 5) is 15.8. The number of aromatic amines is 1. The normalized spacial score (nSPS) is 10.5. The van der Waals surface area contributed by atoms with Crippen molar-refractivity contribution in [1.29, 1.82) is 0 Å². The molecule has 2 aromatic heterocycles. The van der Waals surface area contributed by atoms with Crippen molar-refractivity contribution in [3.05, 3.63) is 24.3 Å². The summed E-state index contributed by atoms with van der Waals surface area (Å²) < 4.78 is 0. The third kappa shape index (κ3) is 2.76. The van der Waals surface area contributed by atoms with Gasteiger partial charge in [0, 0.05) is 25.0 Å². The Hall–Kier alpha value is -1.56. The fourth-order valence-corrected chi connectivity index (χ4v) is 2.42. The molecule has 0 saturated heterocycles. The van der Waals surface area contributed by atoms with Crippen LogP contribution < -0.4 is 5.32 Å². The van der Waals surface area contributed by atoms with E-state index in [2.05, 4.69) is 32.2 Å². The lowest BCUT2D eigenvalue weighted by molar-refractivity contribution is 0.856. The van der Waals surface area contributed by atoms with E-state index in [1.54, 1.807) is 12.5 Å². The fraction of sp³-hybridized carbons (Fsp3) is 0.364. The summed E-state index contributed by atoms with van der Waals surface area (Å²) in [6.45, 7) is 2.15. The molecule has 0 amide bonds. The first-order valence-corrected chi connectivity index (χ1v) is 6.35. The van der Waals surface area contributed by atoms with Crippen LogP contribution >= 0.6 is 11.8 Å². The van der Waals surface area contributed by atoms with Crippen LogP contribution in [0.15, 0.2) is 28.9 Å². The second-order valence-corrected chi connectivity index (χ2v) is 4.48. The molecule has 0 aliphatic carbocycles. The smallest absolute Gasteiger partial charge is 0.171 e. The highest BCUT2D eigenvalue weighted by atomic mass is 32.2. The standard InChI is InChI=1S/C11H15N5S/c1-3-4-8-9(12-2)15-7-16-10(8)17-11-13-5-6-14-11/h5-7H,3-4H2,1-2H3,(H,13,14)(H,12,15,16). The van der Waals surface area contributed by atoms with Crippen LogP contribution in [0.5, 0.6) is 0 Å². The average molecular weight is 249 g/mol. The zero-order valence-electron chi connectivity index (χ0n) is 9.90. The van der Waals surface area contributed by atoms with E-state index >= 15 is 0 Å². The number of hydrogen-bond acceptors (Lipinski definition) is 5. The molecule has 0 aliphatic heterocycles. The van der Waals surface area contributed by atoms with Crippen LogP contribution in [0.2, 0.25) is 0 Å². The zero-order valence-corrected chi connectivity index (χ0v) is 10.7. The van der Waals surface area contributed by atoms with Gasteiger partial charge < -0.3 is 10.3 Å². The van der Waals surface area contributed by atoms with Crippen molar-refractivity contribution in [3.63, 3.8) is 0 Å². The fourth-order valence-electron chi connectivity index (χ4n) is 1.57. The van der Waals surface area contributed by atoms with E-state index in [1.807, 2.05) is 13.2 Å². The quantitative estimate of drug-likeness (QED) is 0.796. The Balaban J connectivity index is 2.31. The summed E-state index contributed by atoms with van der Waals surface area (Å²) in [7, 11) is 1.88. The van der Waals surface area contributed by atoms with E-state index < -0.39 is 0 Å².